The van der Waals surface area contributed by atoms with Crippen molar-refractivity contribution in [2.75, 3.05) is 16.2 Å². The van der Waals surface area contributed by atoms with E-state index in [0.717, 1.165) is 28.5 Å². The van der Waals surface area contributed by atoms with Gasteiger partial charge in [0.15, 0.2) is 11.6 Å². The largest absolute Gasteiger partial charge is 0.516 e. The van der Waals surface area contributed by atoms with Crippen molar-refractivity contribution < 1.29 is 21.6 Å². The van der Waals surface area contributed by atoms with Crippen LogP contribution in [0.25, 0.3) is 22.5 Å². The SMILES string of the molecule is CCCN(Cc1ccc(-c2ccccc2-c2nn[nH]n2)cc1)c1nccnc1NS(=O)(=O)C(F)(F)F. The van der Waals surface area contributed by atoms with E-state index in [1.54, 1.807) is 4.90 Å². The number of tetrazole rings is 1. The molecule has 2 N–H and O–H groups in total. The van der Waals surface area contributed by atoms with Gasteiger partial charge in [-0.2, -0.15) is 26.8 Å². The van der Waals surface area contributed by atoms with Gasteiger partial charge < -0.3 is 4.90 Å². The molecule has 36 heavy (non-hydrogen) atoms. The van der Waals surface area contributed by atoms with Crippen molar-refractivity contribution in [1.29, 1.82) is 0 Å². The number of nitrogens with zero attached hydrogens (tertiary/aromatic N) is 6. The molecule has 0 aliphatic rings. The van der Waals surface area contributed by atoms with Gasteiger partial charge in [0.1, 0.15) is 0 Å². The molecule has 2 heterocycles. The summed E-state index contributed by atoms with van der Waals surface area (Å²) in [5, 5.41) is 14.1. The number of nitrogens with one attached hydrogen (secondary N) is 2. The third-order valence-electron chi connectivity index (χ3n) is 5.16. The van der Waals surface area contributed by atoms with Gasteiger partial charge in [-0.3, -0.25) is 4.72 Å². The predicted molar refractivity (Wildman–Crippen MR) is 127 cm³/mol. The maximum absolute atomic E-state index is 12.9. The van der Waals surface area contributed by atoms with Gasteiger partial charge in [-0.25, -0.2) is 9.97 Å². The third-order valence-corrected chi connectivity index (χ3v) is 6.23. The first-order valence-electron chi connectivity index (χ1n) is 10.8. The zero-order valence-electron chi connectivity index (χ0n) is 18.9. The highest BCUT2D eigenvalue weighted by Crippen LogP contribution is 2.31. The van der Waals surface area contributed by atoms with Crippen LogP contribution in [0.5, 0.6) is 0 Å². The maximum Gasteiger partial charge on any atom is 0.516 e. The van der Waals surface area contributed by atoms with E-state index in [4.69, 9.17) is 0 Å². The van der Waals surface area contributed by atoms with E-state index in [0.29, 0.717) is 18.8 Å². The Morgan fingerprint density at radius 2 is 1.69 bits per heavy atom. The summed E-state index contributed by atoms with van der Waals surface area (Å²) in [5.74, 6) is -0.0343. The highest BCUT2D eigenvalue weighted by Gasteiger charge is 2.46. The number of anilines is 2. The smallest absolute Gasteiger partial charge is 0.349 e. The fraction of sp³-hybridized carbons (Fsp3) is 0.227. The summed E-state index contributed by atoms with van der Waals surface area (Å²) in [6.07, 6.45) is 3.05. The minimum Gasteiger partial charge on any atom is -0.349 e. The second kappa shape index (κ2) is 10.3. The second-order valence-electron chi connectivity index (χ2n) is 7.68. The Balaban J connectivity index is 1.60. The molecule has 0 radical (unpaired) electrons. The van der Waals surface area contributed by atoms with E-state index < -0.39 is 21.3 Å². The molecular formula is C22H21F3N8O2S. The molecule has 0 amide bonds. The summed E-state index contributed by atoms with van der Waals surface area (Å²) in [5.41, 5.74) is -2.05. The highest BCUT2D eigenvalue weighted by atomic mass is 32.2. The van der Waals surface area contributed by atoms with Crippen LogP contribution in [0.3, 0.4) is 0 Å². The van der Waals surface area contributed by atoms with Gasteiger partial charge >= 0.3 is 15.5 Å². The van der Waals surface area contributed by atoms with Crippen LogP contribution in [0.1, 0.15) is 18.9 Å². The molecule has 4 aromatic rings. The predicted octanol–water partition coefficient (Wildman–Crippen LogP) is 4.00. The molecule has 0 aliphatic heterocycles. The molecule has 4 rings (SSSR count). The van der Waals surface area contributed by atoms with Crippen molar-refractivity contribution in [3.8, 4) is 22.5 Å². The molecule has 0 unspecified atom stereocenters. The molecule has 0 bridgehead atoms. The fourth-order valence-electron chi connectivity index (χ4n) is 3.56. The summed E-state index contributed by atoms with van der Waals surface area (Å²) < 4.78 is 63.6. The van der Waals surface area contributed by atoms with Gasteiger partial charge in [0.25, 0.3) is 0 Å². The van der Waals surface area contributed by atoms with Crippen LogP contribution in [0.15, 0.2) is 60.9 Å². The Hall–Kier alpha value is -4.07. The number of hydrogen-bond donors (Lipinski definition) is 2. The average molecular weight is 519 g/mol. The van der Waals surface area contributed by atoms with Crippen molar-refractivity contribution in [3.05, 3.63) is 66.5 Å². The maximum atomic E-state index is 12.9. The first-order chi connectivity index (χ1) is 17.2. The number of alkyl halides is 3. The zero-order valence-corrected chi connectivity index (χ0v) is 19.8. The van der Waals surface area contributed by atoms with E-state index in [9.17, 15) is 21.6 Å². The number of rotatable bonds is 9. The van der Waals surface area contributed by atoms with Crippen LogP contribution in [-0.2, 0) is 16.6 Å². The van der Waals surface area contributed by atoms with Crippen molar-refractivity contribution >= 4 is 21.7 Å². The monoisotopic (exact) mass is 518 g/mol. The Bertz CT molecular complexity index is 1410. The van der Waals surface area contributed by atoms with Gasteiger partial charge in [0.2, 0.25) is 5.82 Å². The van der Waals surface area contributed by atoms with Crippen LogP contribution >= 0.6 is 0 Å². The number of aromatic amines is 1. The number of aromatic nitrogens is 6. The Kier molecular flexibility index (Phi) is 7.15. The average Bonchev–Trinajstić information content (AvgIpc) is 3.39. The number of hydrogen-bond acceptors (Lipinski definition) is 8. The zero-order chi connectivity index (χ0) is 25.8. The number of sulfonamides is 1. The van der Waals surface area contributed by atoms with Crippen LogP contribution < -0.4 is 9.62 Å². The lowest BCUT2D eigenvalue weighted by molar-refractivity contribution is -0.0429. The van der Waals surface area contributed by atoms with E-state index in [2.05, 4.69) is 30.6 Å². The van der Waals surface area contributed by atoms with Crippen molar-refractivity contribution in [2.24, 2.45) is 0 Å². The number of halogens is 3. The van der Waals surface area contributed by atoms with Crippen LogP contribution in [0.4, 0.5) is 24.8 Å². The topological polar surface area (TPSA) is 130 Å². The van der Waals surface area contributed by atoms with Crippen LogP contribution in [-0.4, -0.2) is 51.1 Å². The van der Waals surface area contributed by atoms with E-state index in [1.165, 1.54) is 10.9 Å². The van der Waals surface area contributed by atoms with Crippen molar-refractivity contribution in [3.63, 3.8) is 0 Å². The number of H-pyrrole nitrogens is 1. The lowest BCUT2D eigenvalue weighted by atomic mass is 9.98. The summed E-state index contributed by atoms with van der Waals surface area (Å²) in [6.45, 7) is 2.56. The lowest BCUT2D eigenvalue weighted by Crippen LogP contribution is -2.32. The second-order valence-corrected chi connectivity index (χ2v) is 9.35. The Morgan fingerprint density at radius 3 is 2.33 bits per heavy atom. The number of benzene rings is 2. The highest BCUT2D eigenvalue weighted by molar-refractivity contribution is 7.93. The van der Waals surface area contributed by atoms with Crippen molar-refractivity contribution in [1.82, 2.24) is 30.6 Å². The molecule has 0 atom stereocenters. The fourth-order valence-corrected chi connectivity index (χ4v) is 4.08. The Morgan fingerprint density at radius 1 is 1.00 bits per heavy atom. The molecule has 2 aromatic carbocycles. The van der Waals surface area contributed by atoms with E-state index >= 15 is 0 Å². The molecule has 14 heteroatoms. The molecule has 10 nitrogen and oxygen atoms in total. The summed E-state index contributed by atoms with van der Waals surface area (Å²) >= 11 is 0. The summed E-state index contributed by atoms with van der Waals surface area (Å²) in [7, 11) is -5.65. The van der Waals surface area contributed by atoms with Crippen LogP contribution in [0, 0.1) is 0 Å². The minimum atomic E-state index is -5.65. The van der Waals surface area contributed by atoms with Gasteiger partial charge in [0.05, 0.1) is 0 Å². The quantitative estimate of drug-likeness (QED) is 0.340. The molecule has 0 saturated heterocycles. The normalized spacial score (nSPS) is 11.9. The first-order valence-corrected chi connectivity index (χ1v) is 12.2. The molecular weight excluding hydrogens is 497 g/mol. The van der Waals surface area contributed by atoms with Crippen LogP contribution in [0.2, 0.25) is 0 Å². The standard InChI is InChI=1S/C22H21F3N8O2S/c1-2-13-33(21-20(26-11-12-27-21)30-36(34,35)22(23,24)25)14-15-7-9-16(10-8-15)17-5-3-4-6-18(17)19-28-31-32-29-19/h3-12H,2,13-14H2,1H3,(H,26,30)(H,28,29,31,32). The molecule has 0 aliphatic carbocycles. The Labute approximate surface area is 204 Å². The minimum absolute atomic E-state index is 0.00120. The third kappa shape index (κ3) is 5.43. The summed E-state index contributed by atoms with van der Waals surface area (Å²) in [4.78, 5) is 9.58. The van der Waals surface area contributed by atoms with Gasteiger partial charge in [-0.05, 0) is 28.3 Å². The van der Waals surface area contributed by atoms with E-state index in [-0.39, 0.29) is 12.4 Å². The first kappa shape index (κ1) is 25.0. The molecule has 188 valence electrons. The van der Waals surface area contributed by atoms with Crippen molar-refractivity contribution in [2.45, 2.75) is 25.4 Å². The molecule has 0 spiro atoms. The molecule has 0 fully saturated rings. The van der Waals surface area contributed by atoms with Gasteiger partial charge in [0, 0.05) is 31.0 Å². The summed E-state index contributed by atoms with van der Waals surface area (Å²) in [6, 6.07) is 15.1. The lowest BCUT2D eigenvalue weighted by Gasteiger charge is -2.25. The van der Waals surface area contributed by atoms with E-state index in [1.807, 2.05) is 55.5 Å². The molecule has 0 saturated carbocycles. The van der Waals surface area contributed by atoms with Gasteiger partial charge in [-0.1, -0.05) is 55.5 Å². The molecule has 2 aromatic heterocycles. The van der Waals surface area contributed by atoms with Gasteiger partial charge in [-0.15, -0.1) is 10.2 Å².